The van der Waals surface area contributed by atoms with Gasteiger partial charge in [0.2, 0.25) is 5.76 Å². The first-order chi connectivity index (χ1) is 9.09. The number of amides is 1. The zero-order valence-corrected chi connectivity index (χ0v) is 11.1. The van der Waals surface area contributed by atoms with Crippen LogP contribution in [-0.2, 0) is 20.8 Å². The van der Waals surface area contributed by atoms with E-state index in [4.69, 9.17) is 21.1 Å². The largest absolute Gasteiger partial charge is 0.494 e. The third-order valence-corrected chi connectivity index (χ3v) is 3.02. The summed E-state index contributed by atoms with van der Waals surface area (Å²) in [5, 5.41) is 0.287. The smallest absolute Gasteiger partial charge is 0.292 e. The molecule has 0 saturated heterocycles. The third-order valence-electron chi connectivity index (χ3n) is 2.66. The van der Waals surface area contributed by atoms with E-state index in [9.17, 15) is 9.18 Å². The number of likely N-dealkylation sites (N-methyl/N-ethyl adjacent to an activating group) is 1. The second-order valence-corrected chi connectivity index (χ2v) is 4.47. The van der Waals surface area contributed by atoms with Gasteiger partial charge < -0.3 is 14.4 Å². The molecule has 0 saturated carbocycles. The lowest BCUT2D eigenvalue weighted by Crippen LogP contribution is -2.30. The zero-order valence-electron chi connectivity index (χ0n) is 10.4. The molecule has 0 atom stereocenters. The van der Waals surface area contributed by atoms with Gasteiger partial charge in [-0.2, -0.15) is 0 Å². The molecule has 1 amide bonds. The van der Waals surface area contributed by atoms with Crippen LogP contribution in [0.2, 0.25) is 5.02 Å². The first-order valence-corrected chi connectivity index (χ1v) is 6.10. The Bertz CT molecular complexity index is 498. The van der Waals surface area contributed by atoms with E-state index in [-0.39, 0.29) is 28.8 Å². The van der Waals surface area contributed by atoms with Gasteiger partial charge in [0, 0.05) is 17.6 Å². The number of carbonyl (C=O) groups is 1. The predicted octanol–water partition coefficient (Wildman–Crippen LogP) is 2.33. The number of ether oxygens (including phenoxy) is 2. The minimum Gasteiger partial charge on any atom is -0.494 e. The molecule has 0 aliphatic carbocycles. The summed E-state index contributed by atoms with van der Waals surface area (Å²) in [5.41, 5.74) is 0.275. The minimum atomic E-state index is -0.443. The fraction of sp³-hybridized carbons (Fsp3) is 0.308. The van der Waals surface area contributed by atoms with Crippen LogP contribution in [0.4, 0.5) is 4.39 Å². The second-order valence-electron chi connectivity index (χ2n) is 4.06. The Hall–Kier alpha value is -1.75. The summed E-state index contributed by atoms with van der Waals surface area (Å²) < 4.78 is 23.8. The van der Waals surface area contributed by atoms with Gasteiger partial charge in [-0.25, -0.2) is 4.39 Å². The van der Waals surface area contributed by atoms with Crippen molar-refractivity contribution in [3.8, 4) is 0 Å². The summed E-state index contributed by atoms with van der Waals surface area (Å²) in [4.78, 5) is 13.3. The van der Waals surface area contributed by atoms with Gasteiger partial charge in [0.05, 0.1) is 6.54 Å². The van der Waals surface area contributed by atoms with Crippen molar-refractivity contribution in [2.75, 3.05) is 20.3 Å². The monoisotopic (exact) mass is 285 g/mol. The van der Waals surface area contributed by atoms with E-state index in [0.29, 0.717) is 13.2 Å². The molecule has 0 bridgehead atoms. The molecule has 0 spiro atoms. The van der Waals surface area contributed by atoms with Gasteiger partial charge in [-0.05, 0) is 12.1 Å². The van der Waals surface area contributed by atoms with E-state index in [0.717, 1.165) is 0 Å². The minimum absolute atomic E-state index is 0.0606. The molecule has 6 heteroatoms. The lowest BCUT2D eigenvalue weighted by molar-refractivity contribution is -0.131. The van der Waals surface area contributed by atoms with E-state index in [1.165, 1.54) is 23.3 Å². The van der Waals surface area contributed by atoms with Crippen LogP contribution in [0.3, 0.4) is 0 Å². The van der Waals surface area contributed by atoms with Gasteiger partial charge in [0.25, 0.3) is 5.91 Å². The van der Waals surface area contributed by atoms with Gasteiger partial charge >= 0.3 is 0 Å². The number of rotatable bonds is 3. The number of carbonyl (C=O) groups excluding carboxylic acids is 1. The lowest BCUT2D eigenvalue weighted by Gasteiger charge is -2.21. The van der Waals surface area contributed by atoms with Crippen molar-refractivity contribution in [3.05, 3.63) is 46.6 Å². The fourth-order valence-electron chi connectivity index (χ4n) is 1.66. The maximum atomic E-state index is 13.6. The maximum Gasteiger partial charge on any atom is 0.292 e. The van der Waals surface area contributed by atoms with Gasteiger partial charge in [-0.3, -0.25) is 4.79 Å². The van der Waals surface area contributed by atoms with Crippen LogP contribution in [0.5, 0.6) is 0 Å². The standard InChI is InChI=1S/C13H13ClFNO3/c1-16(13(17)12-8-18-5-6-19-12)7-9-10(14)3-2-4-11(9)15/h2-4,8H,5-7H2,1H3. The average Bonchev–Trinajstić information content (AvgIpc) is 2.43. The topological polar surface area (TPSA) is 38.8 Å². The summed E-state index contributed by atoms with van der Waals surface area (Å²) in [6, 6.07) is 4.40. The Morgan fingerprint density at radius 1 is 1.47 bits per heavy atom. The van der Waals surface area contributed by atoms with E-state index in [1.807, 2.05) is 0 Å². The van der Waals surface area contributed by atoms with E-state index >= 15 is 0 Å². The molecule has 1 aliphatic heterocycles. The molecule has 1 aliphatic rings. The number of nitrogens with zero attached hydrogens (tertiary/aromatic N) is 1. The molecule has 0 radical (unpaired) electrons. The lowest BCUT2D eigenvalue weighted by atomic mass is 10.2. The molecule has 0 unspecified atom stereocenters. The molecule has 4 nitrogen and oxygen atoms in total. The SMILES string of the molecule is CN(Cc1c(F)cccc1Cl)C(=O)C1=COCCO1. The van der Waals surface area contributed by atoms with Crippen LogP contribution in [0.15, 0.2) is 30.2 Å². The molecule has 19 heavy (non-hydrogen) atoms. The first kappa shape index (κ1) is 13.7. The highest BCUT2D eigenvalue weighted by molar-refractivity contribution is 6.31. The quantitative estimate of drug-likeness (QED) is 0.855. The van der Waals surface area contributed by atoms with Crippen molar-refractivity contribution in [2.24, 2.45) is 0 Å². The molecule has 2 rings (SSSR count). The molecule has 102 valence electrons. The van der Waals surface area contributed by atoms with Crippen LogP contribution in [0.25, 0.3) is 0 Å². The Morgan fingerprint density at radius 3 is 2.89 bits per heavy atom. The number of hydrogen-bond donors (Lipinski definition) is 0. The van der Waals surface area contributed by atoms with Gasteiger partial charge in [0.15, 0.2) is 0 Å². The number of hydrogen-bond acceptors (Lipinski definition) is 3. The van der Waals surface area contributed by atoms with Crippen molar-refractivity contribution in [3.63, 3.8) is 0 Å². The molecule has 0 aromatic heterocycles. The molecule has 1 heterocycles. The fourth-order valence-corrected chi connectivity index (χ4v) is 1.88. The molecule has 0 N–H and O–H groups in total. The Labute approximate surface area is 115 Å². The van der Waals surface area contributed by atoms with Gasteiger partial charge in [0.1, 0.15) is 25.3 Å². The maximum absolute atomic E-state index is 13.6. The molecule has 1 aromatic rings. The van der Waals surface area contributed by atoms with Crippen LogP contribution >= 0.6 is 11.6 Å². The molecule has 1 aromatic carbocycles. The van der Waals surface area contributed by atoms with Crippen molar-refractivity contribution in [2.45, 2.75) is 6.54 Å². The Balaban J connectivity index is 2.10. The van der Waals surface area contributed by atoms with Gasteiger partial charge in [-0.1, -0.05) is 17.7 Å². The van der Waals surface area contributed by atoms with Crippen LogP contribution in [0, 0.1) is 5.82 Å². The van der Waals surface area contributed by atoms with E-state index < -0.39 is 5.82 Å². The summed E-state index contributed by atoms with van der Waals surface area (Å²) in [5.74, 6) is -0.706. The van der Waals surface area contributed by atoms with E-state index in [1.54, 1.807) is 13.1 Å². The van der Waals surface area contributed by atoms with Crippen LogP contribution in [0.1, 0.15) is 5.56 Å². The predicted molar refractivity (Wildman–Crippen MR) is 67.9 cm³/mol. The summed E-state index contributed by atoms with van der Waals surface area (Å²) in [7, 11) is 1.55. The van der Waals surface area contributed by atoms with Crippen molar-refractivity contribution in [1.82, 2.24) is 4.90 Å². The van der Waals surface area contributed by atoms with Crippen molar-refractivity contribution in [1.29, 1.82) is 0 Å². The first-order valence-electron chi connectivity index (χ1n) is 5.72. The van der Waals surface area contributed by atoms with E-state index in [2.05, 4.69) is 0 Å². The second kappa shape index (κ2) is 5.93. The Morgan fingerprint density at radius 2 is 2.26 bits per heavy atom. The number of halogens is 2. The Kier molecular flexibility index (Phi) is 4.27. The highest BCUT2D eigenvalue weighted by Crippen LogP contribution is 2.21. The average molecular weight is 286 g/mol. The normalized spacial score (nSPS) is 14.2. The van der Waals surface area contributed by atoms with Crippen LogP contribution < -0.4 is 0 Å². The van der Waals surface area contributed by atoms with Crippen molar-refractivity contribution < 1.29 is 18.7 Å². The van der Waals surface area contributed by atoms with Crippen molar-refractivity contribution >= 4 is 17.5 Å². The zero-order chi connectivity index (χ0) is 13.8. The highest BCUT2D eigenvalue weighted by Gasteiger charge is 2.21. The third kappa shape index (κ3) is 3.17. The number of benzene rings is 1. The molecular formula is C13H13ClFNO3. The molecular weight excluding hydrogens is 273 g/mol. The summed E-state index contributed by atoms with van der Waals surface area (Å²) in [6.07, 6.45) is 1.27. The summed E-state index contributed by atoms with van der Waals surface area (Å²) >= 11 is 5.92. The molecule has 0 fully saturated rings. The highest BCUT2D eigenvalue weighted by atomic mass is 35.5. The van der Waals surface area contributed by atoms with Crippen LogP contribution in [-0.4, -0.2) is 31.1 Å². The summed E-state index contributed by atoms with van der Waals surface area (Å²) in [6.45, 7) is 0.802. The van der Waals surface area contributed by atoms with Gasteiger partial charge in [-0.15, -0.1) is 0 Å².